The lowest BCUT2D eigenvalue weighted by molar-refractivity contribution is -0.134. The Hall–Kier alpha value is -2.43. The smallest absolute Gasteiger partial charge is 0.267 e. The third-order valence-electron chi connectivity index (χ3n) is 5.18. The standard InChI is InChI=1S/C20H25N3O2/c1-15-8-6-7-11-18(15)22(2)20(25)14-23-19(24)13-12-17(21-23)16-9-4-3-5-10-16/h3-5,9-10,12-13,15,18H,6-8,11,14H2,1-2H3/t15-,18+/m0/s1. The molecule has 2 aromatic rings. The maximum atomic E-state index is 12.7. The predicted molar refractivity (Wildman–Crippen MR) is 98.1 cm³/mol. The van der Waals surface area contributed by atoms with E-state index in [4.69, 9.17) is 0 Å². The van der Waals surface area contributed by atoms with Gasteiger partial charge in [-0.15, -0.1) is 0 Å². The lowest BCUT2D eigenvalue weighted by Gasteiger charge is -2.36. The highest BCUT2D eigenvalue weighted by Gasteiger charge is 2.28. The summed E-state index contributed by atoms with van der Waals surface area (Å²) in [5.41, 5.74) is 1.37. The third-order valence-corrected chi connectivity index (χ3v) is 5.18. The highest BCUT2D eigenvalue weighted by Crippen LogP contribution is 2.27. The summed E-state index contributed by atoms with van der Waals surface area (Å²) >= 11 is 0. The minimum absolute atomic E-state index is 0.0147. The lowest BCUT2D eigenvalue weighted by atomic mass is 9.85. The SMILES string of the molecule is C[C@H]1CCCC[C@H]1N(C)C(=O)Cn1nc(-c2ccccc2)ccc1=O. The zero-order valence-corrected chi connectivity index (χ0v) is 14.9. The molecule has 0 N–H and O–H groups in total. The minimum Gasteiger partial charge on any atom is -0.341 e. The average molecular weight is 339 g/mol. The third kappa shape index (κ3) is 3.98. The Bertz CT molecular complexity index is 785. The molecule has 0 spiro atoms. The molecule has 3 rings (SSSR count). The van der Waals surface area contributed by atoms with Gasteiger partial charge in [0.1, 0.15) is 6.54 Å². The van der Waals surface area contributed by atoms with Crippen LogP contribution in [0.5, 0.6) is 0 Å². The Morgan fingerprint density at radius 1 is 1.16 bits per heavy atom. The van der Waals surface area contributed by atoms with Crippen molar-refractivity contribution in [2.75, 3.05) is 7.05 Å². The van der Waals surface area contributed by atoms with Crippen LogP contribution in [-0.2, 0) is 11.3 Å². The van der Waals surface area contributed by atoms with Gasteiger partial charge in [0.25, 0.3) is 5.56 Å². The van der Waals surface area contributed by atoms with Crippen LogP contribution < -0.4 is 5.56 Å². The van der Waals surface area contributed by atoms with E-state index < -0.39 is 0 Å². The Kier molecular flexibility index (Phi) is 5.31. The quantitative estimate of drug-likeness (QED) is 0.860. The molecule has 0 aliphatic heterocycles. The zero-order valence-electron chi connectivity index (χ0n) is 14.9. The molecule has 0 bridgehead atoms. The molecule has 0 saturated heterocycles. The van der Waals surface area contributed by atoms with Gasteiger partial charge in [-0.2, -0.15) is 5.10 Å². The molecule has 5 heteroatoms. The van der Waals surface area contributed by atoms with Crippen LogP contribution in [0.1, 0.15) is 32.6 Å². The van der Waals surface area contributed by atoms with E-state index in [1.165, 1.54) is 17.2 Å². The zero-order chi connectivity index (χ0) is 17.8. The molecule has 1 fully saturated rings. The van der Waals surface area contributed by atoms with Gasteiger partial charge in [0, 0.05) is 24.7 Å². The van der Waals surface area contributed by atoms with Gasteiger partial charge in [-0.1, -0.05) is 50.1 Å². The Morgan fingerprint density at radius 3 is 2.60 bits per heavy atom. The van der Waals surface area contributed by atoms with Gasteiger partial charge in [0.05, 0.1) is 5.69 Å². The number of hydrogen-bond donors (Lipinski definition) is 0. The highest BCUT2D eigenvalue weighted by molar-refractivity contribution is 5.76. The molecule has 2 atom stereocenters. The maximum absolute atomic E-state index is 12.7. The van der Waals surface area contributed by atoms with Crippen molar-refractivity contribution in [3.63, 3.8) is 0 Å². The number of aromatic nitrogens is 2. The summed E-state index contributed by atoms with van der Waals surface area (Å²) in [6.45, 7) is 2.19. The molecule has 5 nitrogen and oxygen atoms in total. The first-order chi connectivity index (χ1) is 12.1. The summed E-state index contributed by atoms with van der Waals surface area (Å²) in [6, 6.07) is 13.1. The number of carbonyl (C=O) groups is 1. The fourth-order valence-electron chi connectivity index (χ4n) is 3.62. The molecule has 132 valence electrons. The molecule has 25 heavy (non-hydrogen) atoms. The Labute approximate surface area is 148 Å². The van der Waals surface area contributed by atoms with Crippen LogP contribution in [0.15, 0.2) is 47.3 Å². The van der Waals surface area contributed by atoms with Crippen molar-refractivity contribution in [1.29, 1.82) is 0 Å². The lowest BCUT2D eigenvalue weighted by Crippen LogP contribution is -2.45. The summed E-state index contributed by atoms with van der Waals surface area (Å²) in [7, 11) is 1.85. The van der Waals surface area contributed by atoms with Gasteiger partial charge in [-0.3, -0.25) is 9.59 Å². The molecular weight excluding hydrogens is 314 g/mol. The number of hydrogen-bond acceptors (Lipinski definition) is 3. The van der Waals surface area contributed by atoms with Crippen molar-refractivity contribution >= 4 is 5.91 Å². The summed E-state index contributed by atoms with van der Waals surface area (Å²) in [6.07, 6.45) is 4.59. The van der Waals surface area contributed by atoms with Gasteiger partial charge in [0.2, 0.25) is 5.91 Å². The van der Waals surface area contributed by atoms with Gasteiger partial charge in [0.15, 0.2) is 0 Å². The van der Waals surface area contributed by atoms with Crippen molar-refractivity contribution in [2.24, 2.45) is 5.92 Å². The first-order valence-corrected chi connectivity index (χ1v) is 8.95. The van der Waals surface area contributed by atoms with Gasteiger partial charge in [-0.05, 0) is 24.8 Å². The van der Waals surface area contributed by atoms with E-state index in [-0.39, 0.29) is 24.1 Å². The first kappa shape index (κ1) is 17.4. The van der Waals surface area contributed by atoms with E-state index in [0.717, 1.165) is 24.8 Å². The number of benzene rings is 1. The van der Waals surface area contributed by atoms with Crippen LogP contribution in [0.2, 0.25) is 0 Å². The van der Waals surface area contributed by atoms with Crippen molar-refractivity contribution in [2.45, 2.75) is 45.2 Å². The average Bonchev–Trinajstić information content (AvgIpc) is 2.64. The number of nitrogens with zero attached hydrogens (tertiary/aromatic N) is 3. The van der Waals surface area contributed by atoms with Crippen molar-refractivity contribution in [3.05, 3.63) is 52.8 Å². The normalized spacial score (nSPS) is 20.2. The van der Waals surface area contributed by atoms with Crippen molar-refractivity contribution in [1.82, 2.24) is 14.7 Å². The second kappa shape index (κ2) is 7.64. The van der Waals surface area contributed by atoms with Crippen LogP contribution in [-0.4, -0.2) is 33.7 Å². The number of carbonyl (C=O) groups excluding carboxylic acids is 1. The summed E-state index contributed by atoms with van der Waals surface area (Å²) in [5.74, 6) is 0.446. The molecule has 1 saturated carbocycles. The predicted octanol–water partition coefficient (Wildman–Crippen LogP) is 2.95. The number of likely N-dealkylation sites (N-methyl/N-ethyl adjacent to an activating group) is 1. The topological polar surface area (TPSA) is 55.2 Å². The number of rotatable bonds is 4. The molecule has 1 aliphatic carbocycles. The molecule has 1 aromatic heterocycles. The van der Waals surface area contributed by atoms with Gasteiger partial charge >= 0.3 is 0 Å². The van der Waals surface area contributed by atoms with E-state index in [1.54, 1.807) is 6.07 Å². The van der Waals surface area contributed by atoms with Crippen LogP contribution in [0.25, 0.3) is 11.3 Å². The van der Waals surface area contributed by atoms with Crippen LogP contribution >= 0.6 is 0 Å². The summed E-state index contributed by atoms with van der Waals surface area (Å²) < 4.78 is 1.27. The summed E-state index contributed by atoms with van der Waals surface area (Å²) in [4.78, 5) is 26.6. The monoisotopic (exact) mass is 339 g/mol. The number of amides is 1. The minimum atomic E-state index is -0.252. The van der Waals surface area contributed by atoms with Crippen LogP contribution in [0.4, 0.5) is 0 Å². The van der Waals surface area contributed by atoms with E-state index in [2.05, 4.69) is 12.0 Å². The first-order valence-electron chi connectivity index (χ1n) is 8.95. The van der Waals surface area contributed by atoms with Crippen molar-refractivity contribution in [3.8, 4) is 11.3 Å². The summed E-state index contributed by atoms with van der Waals surface area (Å²) in [5, 5.41) is 4.39. The van der Waals surface area contributed by atoms with Crippen molar-refractivity contribution < 1.29 is 4.79 Å². The van der Waals surface area contributed by atoms with E-state index in [0.29, 0.717) is 11.6 Å². The largest absolute Gasteiger partial charge is 0.341 e. The highest BCUT2D eigenvalue weighted by atomic mass is 16.2. The molecule has 1 aliphatic rings. The fourth-order valence-corrected chi connectivity index (χ4v) is 3.62. The van der Waals surface area contributed by atoms with E-state index in [9.17, 15) is 9.59 Å². The Morgan fingerprint density at radius 2 is 1.88 bits per heavy atom. The molecule has 0 radical (unpaired) electrons. The van der Waals surface area contributed by atoms with Gasteiger partial charge < -0.3 is 4.90 Å². The van der Waals surface area contributed by atoms with Crippen LogP contribution in [0.3, 0.4) is 0 Å². The van der Waals surface area contributed by atoms with Gasteiger partial charge in [-0.25, -0.2) is 4.68 Å². The van der Waals surface area contributed by atoms with E-state index in [1.807, 2.05) is 42.3 Å². The molecule has 1 aromatic carbocycles. The van der Waals surface area contributed by atoms with Crippen LogP contribution in [0, 0.1) is 5.92 Å². The molecule has 1 heterocycles. The van der Waals surface area contributed by atoms with E-state index >= 15 is 0 Å². The second-order valence-electron chi connectivity index (χ2n) is 6.91. The molecule has 1 amide bonds. The maximum Gasteiger partial charge on any atom is 0.267 e. The molecule has 0 unspecified atom stereocenters. The second-order valence-corrected chi connectivity index (χ2v) is 6.91. The Balaban J connectivity index is 1.78. The molecular formula is C20H25N3O2. The fraction of sp³-hybridized carbons (Fsp3) is 0.450.